The van der Waals surface area contributed by atoms with Crippen LogP contribution in [0.25, 0.3) is 0 Å². The van der Waals surface area contributed by atoms with E-state index >= 15 is 0 Å². The van der Waals surface area contributed by atoms with Crippen LogP contribution in [-0.4, -0.2) is 46.4 Å². The first-order chi connectivity index (χ1) is 13.7. The maximum Gasteiger partial charge on any atom is 0.279 e. The van der Waals surface area contributed by atoms with Gasteiger partial charge in [-0.05, 0) is 29.8 Å². The number of hydrogen-bond donors (Lipinski definition) is 2. The lowest BCUT2D eigenvalue weighted by Gasteiger charge is -2.26. The number of anilines is 1. The maximum absolute atomic E-state index is 12.5. The van der Waals surface area contributed by atoms with Crippen LogP contribution in [0.2, 0.25) is 0 Å². The molecular weight excluding hydrogens is 360 g/mol. The van der Waals surface area contributed by atoms with Crippen LogP contribution < -0.4 is 29.2 Å². The van der Waals surface area contributed by atoms with E-state index in [0.29, 0.717) is 31.3 Å². The zero-order valence-electron chi connectivity index (χ0n) is 16.2. The topological polar surface area (TPSA) is 70.5 Å². The van der Waals surface area contributed by atoms with Crippen molar-refractivity contribution in [2.24, 2.45) is 0 Å². The third kappa shape index (κ3) is 3.84. The Morgan fingerprint density at radius 3 is 2.50 bits per heavy atom. The van der Waals surface area contributed by atoms with Gasteiger partial charge in [0.15, 0.2) is 29.5 Å². The lowest BCUT2D eigenvalue weighted by molar-refractivity contribution is -0.907. The van der Waals surface area contributed by atoms with Crippen LogP contribution in [0.15, 0.2) is 30.3 Å². The molecule has 2 heterocycles. The largest absolute Gasteiger partial charge is 0.493 e. The summed E-state index contributed by atoms with van der Waals surface area (Å²) in [5.74, 6) is 2.84. The normalized spacial score (nSPS) is 17.4. The van der Waals surface area contributed by atoms with Gasteiger partial charge in [0, 0.05) is 23.7 Å². The summed E-state index contributed by atoms with van der Waals surface area (Å²) in [4.78, 5) is 13.8. The van der Waals surface area contributed by atoms with Crippen molar-refractivity contribution in [3.05, 3.63) is 41.5 Å². The highest BCUT2D eigenvalue weighted by atomic mass is 16.6. The van der Waals surface area contributed by atoms with Crippen LogP contribution in [0.1, 0.15) is 11.1 Å². The Kier molecular flexibility index (Phi) is 5.25. The van der Waals surface area contributed by atoms with Crippen LogP contribution in [-0.2, 0) is 17.8 Å². The first kappa shape index (κ1) is 18.4. The molecule has 2 aromatic carbocycles. The molecule has 0 bridgehead atoms. The first-order valence-electron chi connectivity index (χ1n) is 9.43. The van der Waals surface area contributed by atoms with Gasteiger partial charge >= 0.3 is 0 Å². The number of ether oxygens (including phenoxy) is 4. The predicted molar refractivity (Wildman–Crippen MR) is 104 cm³/mol. The van der Waals surface area contributed by atoms with Gasteiger partial charge in [-0.1, -0.05) is 0 Å². The maximum atomic E-state index is 12.5. The zero-order chi connectivity index (χ0) is 19.5. The second kappa shape index (κ2) is 7.98. The molecule has 0 spiro atoms. The Morgan fingerprint density at radius 1 is 1.04 bits per heavy atom. The van der Waals surface area contributed by atoms with E-state index in [9.17, 15) is 4.79 Å². The molecule has 2 N–H and O–H groups in total. The molecule has 0 saturated heterocycles. The summed E-state index contributed by atoms with van der Waals surface area (Å²) in [6.07, 6.45) is 0.905. The zero-order valence-corrected chi connectivity index (χ0v) is 16.2. The van der Waals surface area contributed by atoms with Gasteiger partial charge in [0.05, 0.1) is 20.8 Å². The first-order valence-corrected chi connectivity index (χ1v) is 9.43. The SMILES string of the molecule is COc1cc2c(cc1OC)C[NH+](CC(=O)Nc1ccc3c(c1)OCCO3)CC2. The molecule has 28 heavy (non-hydrogen) atoms. The van der Waals surface area contributed by atoms with Crippen LogP contribution in [0.4, 0.5) is 5.69 Å². The van der Waals surface area contributed by atoms with Gasteiger partial charge in [0.1, 0.15) is 19.8 Å². The molecule has 1 unspecified atom stereocenters. The number of fused-ring (bicyclic) bond motifs is 2. The van der Waals surface area contributed by atoms with E-state index in [1.54, 1.807) is 14.2 Å². The predicted octanol–water partition coefficient (Wildman–Crippen LogP) is 1.05. The van der Waals surface area contributed by atoms with E-state index in [4.69, 9.17) is 18.9 Å². The molecule has 4 rings (SSSR count). The highest BCUT2D eigenvalue weighted by Gasteiger charge is 2.24. The van der Waals surface area contributed by atoms with Crippen molar-refractivity contribution in [2.75, 3.05) is 45.8 Å². The fourth-order valence-corrected chi connectivity index (χ4v) is 3.73. The van der Waals surface area contributed by atoms with Crippen molar-refractivity contribution >= 4 is 11.6 Å². The molecule has 0 aromatic heterocycles. The lowest BCUT2D eigenvalue weighted by atomic mass is 9.99. The number of nitrogens with one attached hydrogen (secondary N) is 2. The number of hydrogen-bond acceptors (Lipinski definition) is 5. The summed E-state index contributed by atoms with van der Waals surface area (Å²) in [5, 5.41) is 2.96. The summed E-state index contributed by atoms with van der Waals surface area (Å²) in [7, 11) is 3.28. The Labute approximate surface area is 164 Å². The molecule has 148 valence electrons. The fraction of sp³-hybridized carbons (Fsp3) is 0.381. The minimum absolute atomic E-state index is 0.0180. The molecule has 0 saturated carbocycles. The average Bonchev–Trinajstić information content (AvgIpc) is 2.72. The molecule has 2 aromatic rings. The van der Waals surface area contributed by atoms with Gasteiger partial charge in [-0.2, -0.15) is 0 Å². The standard InChI is InChI=1S/C21H24N2O5/c1-25-18-9-14-5-6-23(12-15(14)10-19(18)26-2)13-21(24)22-16-3-4-17-20(11-16)28-8-7-27-17/h3-4,9-11H,5-8,12-13H2,1-2H3,(H,22,24)/p+1. The van der Waals surface area contributed by atoms with Crippen LogP contribution in [0, 0.1) is 0 Å². The van der Waals surface area contributed by atoms with Crippen LogP contribution >= 0.6 is 0 Å². The number of amides is 1. The Hall–Kier alpha value is -2.93. The molecule has 2 aliphatic rings. The average molecular weight is 385 g/mol. The molecule has 0 aliphatic carbocycles. The van der Waals surface area contributed by atoms with E-state index in [2.05, 4.69) is 5.32 Å². The summed E-state index contributed by atoms with van der Waals surface area (Å²) < 4.78 is 21.9. The Bertz CT molecular complexity index is 883. The number of benzene rings is 2. The highest BCUT2D eigenvalue weighted by molar-refractivity contribution is 5.91. The lowest BCUT2D eigenvalue weighted by Crippen LogP contribution is -3.12. The second-order valence-electron chi connectivity index (χ2n) is 6.99. The summed E-state index contributed by atoms with van der Waals surface area (Å²) in [5.41, 5.74) is 3.18. The fourth-order valence-electron chi connectivity index (χ4n) is 3.73. The molecule has 0 fully saturated rings. The molecular formula is C21H25N2O5+. The monoisotopic (exact) mass is 385 g/mol. The minimum Gasteiger partial charge on any atom is -0.493 e. The van der Waals surface area contributed by atoms with Crippen molar-refractivity contribution in [1.82, 2.24) is 0 Å². The number of carbonyl (C=O) groups is 1. The molecule has 1 amide bonds. The summed E-state index contributed by atoms with van der Waals surface area (Å²) in [6, 6.07) is 9.54. The molecule has 0 radical (unpaired) electrons. The number of rotatable bonds is 5. The van der Waals surface area contributed by atoms with Crippen molar-refractivity contribution < 1.29 is 28.6 Å². The van der Waals surface area contributed by atoms with Gasteiger partial charge in [-0.15, -0.1) is 0 Å². The van der Waals surface area contributed by atoms with Gasteiger partial charge in [-0.25, -0.2) is 0 Å². The Morgan fingerprint density at radius 2 is 1.75 bits per heavy atom. The number of carbonyl (C=O) groups excluding carboxylic acids is 1. The van der Waals surface area contributed by atoms with Gasteiger partial charge in [0.2, 0.25) is 0 Å². The van der Waals surface area contributed by atoms with E-state index < -0.39 is 0 Å². The third-order valence-electron chi connectivity index (χ3n) is 5.13. The number of methoxy groups -OCH3 is 2. The van der Waals surface area contributed by atoms with Crippen molar-refractivity contribution in [3.63, 3.8) is 0 Å². The van der Waals surface area contributed by atoms with Crippen molar-refractivity contribution in [1.29, 1.82) is 0 Å². The van der Waals surface area contributed by atoms with E-state index in [1.165, 1.54) is 16.0 Å². The summed E-state index contributed by atoms with van der Waals surface area (Å²) >= 11 is 0. The molecule has 1 atom stereocenters. The van der Waals surface area contributed by atoms with Gasteiger partial charge in [-0.3, -0.25) is 4.79 Å². The molecule has 7 heteroatoms. The quantitative estimate of drug-likeness (QED) is 0.805. The van der Waals surface area contributed by atoms with Gasteiger partial charge < -0.3 is 29.2 Å². The van der Waals surface area contributed by atoms with Crippen LogP contribution in [0.5, 0.6) is 23.0 Å². The van der Waals surface area contributed by atoms with Crippen molar-refractivity contribution in [3.8, 4) is 23.0 Å². The second-order valence-corrected chi connectivity index (χ2v) is 6.99. The molecule has 7 nitrogen and oxygen atoms in total. The van der Waals surface area contributed by atoms with Gasteiger partial charge in [0.25, 0.3) is 5.91 Å². The highest BCUT2D eigenvalue weighted by Crippen LogP contribution is 2.33. The van der Waals surface area contributed by atoms with Crippen molar-refractivity contribution in [2.45, 2.75) is 13.0 Å². The molecule has 2 aliphatic heterocycles. The smallest absolute Gasteiger partial charge is 0.279 e. The van der Waals surface area contributed by atoms with E-state index in [0.717, 1.165) is 36.7 Å². The third-order valence-corrected chi connectivity index (χ3v) is 5.13. The Balaban J connectivity index is 1.39. The minimum atomic E-state index is -0.0180. The summed E-state index contributed by atoms with van der Waals surface area (Å²) in [6.45, 7) is 3.16. The van der Waals surface area contributed by atoms with E-state index in [-0.39, 0.29) is 5.91 Å². The number of quaternary nitrogens is 1. The van der Waals surface area contributed by atoms with Crippen LogP contribution in [0.3, 0.4) is 0 Å². The van der Waals surface area contributed by atoms with E-state index in [1.807, 2.05) is 30.3 Å².